The summed E-state index contributed by atoms with van der Waals surface area (Å²) in [4.78, 5) is 0. The van der Waals surface area contributed by atoms with E-state index >= 15 is 0 Å². The maximum atomic E-state index is 13.3. The Bertz CT molecular complexity index is 485. The Kier molecular flexibility index (Phi) is 5.38. The number of para-hydroxylation sites is 1. The van der Waals surface area contributed by atoms with Gasteiger partial charge in [0.05, 0.1) is 5.69 Å². The molecule has 0 unspecified atom stereocenters. The summed E-state index contributed by atoms with van der Waals surface area (Å²) in [6.07, 6.45) is 1.01. The molecule has 2 rings (SSSR count). The molecule has 100 valence electrons. The molecule has 0 radical (unpaired) electrons. The van der Waals surface area contributed by atoms with Crippen molar-refractivity contribution >= 4 is 5.69 Å². The number of anilines is 1. The van der Waals surface area contributed by atoms with Crippen molar-refractivity contribution in [1.82, 2.24) is 5.32 Å². The Morgan fingerprint density at radius 2 is 1.53 bits per heavy atom. The van der Waals surface area contributed by atoms with Crippen molar-refractivity contribution in [2.24, 2.45) is 0 Å². The minimum atomic E-state index is -0.202. The van der Waals surface area contributed by atoms with Crippen LogP contribution in [0.3, 0.4) is 0 Å². The molecule has 0 aliphatic rings. The molecule has 2 aromatic carbocycles. The van der Waals surface area contributed by atoms with E-state index in [4.69, 9.17) is 0 Å². The highest BCUT2D eigenvalue weighted by atomic mass is 19.1. The van der Waals surface area contributed by atoms with Crippen LogP contribution in [0.5, 0.6) is 0 Å². The first-order valence-corrected chi connectivity index (χ1v) is 6.59. The van der Waals surface area contributed by atoms with Gasteiger partial charge in [-0.15, -0.1) is 0 Å². The van der Waals surface area contributed by atoms with Gasteiger partial charge >= 0.3 is 0 Å². The van der Waals surface area contributed by atoms with Crippen molar-refractivity contribution in [3.63, 3.8) is 0 Å². The molecule has 2 nitrogen and oxygen atoms in total. The smallest absolute Gasteiger partial charge is 0.146 e. The van der Waals surface area contributed by atoms with Crippen LogP contribution < -0.4 is 10.6 Å². The average molecular weight is 258 g/mol. The minimum absolute atomic E-state index is 0.202. The SMILES string of the molecule is Fc1ccccc1NCCNCCc1ccccc1. The number of nitrogens with one attached hydrogen (secondary N) is 2. The zero-order valence-electron chi connectivity index (χ0n) is 10.9. The van der Waals surface area contributed by atoms with Gasteiger partial charge < -0.3 is 10.6 Å². The second kappa shape index (κ2) is 7.54. The van der Waals surface area contributed by atoms with Crippen molar-refractivity contribution in [2.75, 3.05) is 25.0 Å². The molecule has 0 heterocycles. The van der Waals surface area contributed by atoms with E-state index in [1.807, 2.05) is 12.1 Å². The molecular formula is C16H19FN2. The van der Waals surface area contributed by atoms with Gasteiger partial charge in [-0.1, -0.05) is 42.5 Å². The summed E-state index contributed by atoms with van der Waals surface area (Å²) < 4.78 is 13.3. The fourth-order valence-corrected chi connectivity index (χ4v) is 1.89. The molecule has 0 amide bonds. The third-order valence-electron chi connectivity index (χ3n) is 2.92. The molecule has 0 spiro atoms. The van der Waals surface area contributed by atoms with Gasteiger partial charge in [0.2, 0.25) is 0 Å². The fraction of sp³-hybridized carbons (Fsp3) is 0.250. The standard InChI is InChI=1S/C16H19FN2/c17-15-8-4-5-9-16(15)19-13-12-18-11-10-14-6-2-1-3-7-14/h1-9,18-19H,10-13H2. The number of rotatable bonds is 7. The first kappa shape index (κ1) is 13.6. The summed E-state index contributed by atoms with van der Waals surface area (Å²) in [5.41, 5.74) is 1.89. The summed E-state index contributed by atoms with van der Waals surface area (Å²) in [6, 6.07) is 17.1. The van der Waals surface area contributed by atoms with Crippen LogP contribution in [0.1, 0.15) is 5.56 Å². The highest BCUT2D eigenvalue weighted by molar-refractivity contribution is 5.44. The van der Waals surface area contributed by atoms with E-state index in [0.717, 1.165) is 26.1 Å². The highest BCUT2D eigenvalue weighted by Crippen LogP contribution is 2.11. The van der Waals surface area contributed by atoms with E-state index < -0.39 is 0 Å². The van der Waals surface area contributed by atoms with Crippen LogP contribution in [0.25, 0.3) is 0 Å². The zero-order chi connectivity index (χ0) is 13.3. The molecule has 0 fully saturated rings. The van der Waals surface area contributed by atoms with Crippen molar-refractivity contribution in [3.05, 3.63) is 66.0 Å². The van der Waals surface area contributed by atoms with E-state index in [1.165, 1.54) is 11.6 Å². The summed E-state index contributed by atoms with van der Waals surface area (Å²) in [5, 5.41) is 6.41. The van der Waals surface area contributed by atoms with Gasteiger partial charge in [0.1, 0.15) is 5.82 Å². The molecule has 0 saturated heterocycles. The van der Waals surface area contributed by atoms with Gasteiger partial charge in [0.15, 0.2) is 0 Å². The molecule has 0 saturated carbocycles. The van der Waals surface area contributed by atoms with E-state index in [-0.39, 0.29) is 5.82 Å². The summed E-state index contributed by atoms with van der Waals surface area (Å²) in [6.45, 7) is 2.47. The molecule has 0 atom stereocenters. The lowest BCUT2D eigenvalue weighted by Crippen LogP contribution is -2.24. The lowest BCUT2D eigenvalue weighted by atomic mass is 10.1. The molecule has 0 aliphatic heterocycles. The highest BCUT2D eigenvalue weighted by Gasteiger charge is 1.98. The van der Waals surface area contributed by atoms with Gasteiger partial charge in [-0.05, 0) is 30.7 Å². The number of hydrogen-bond acceptors (Lipinski definition) is 2. The third-order valence-corrected chi connectivity index (χ3v) is 2.92. The van der Waals surface area contributed by atoms with Crippen LogP contribution in [0, 0.1) is 5.82 Å². The van der Waals surface area contributed by atoms with Gasteiger partial charge in [0, 0.05) is 13.1 Å². The average Bonchev–Trinajstić information content (AvgIpc) is 2.45. The second-order valence-electron chi connectivity index (χ2n) is 4.39. The van der Waals surface area contributed by atoms with Crippen molar-refractivity contribution in [2.45, 2.75) is 6.42 Å². The zero-order valence-corrected chi connectivity index (χ0v) is 10.9. The van der Waals surface area contributed by atoms with Crippen LogP contribution >= 0.6 is 0 Å². The van der Waals surface area contributed by atoms with E-state index in [2.05, 4.69) is 34.9 Å². The number of hydrogen-bond donors (Lipinski definition) is 2. The van der Waals surface area contributed by atoms with Crippen molar-refractivity contribution < 1.29 is 4.39 Å². The predicted octanol–water partition coefficient (Wildman–Crippen LogP) is 3.07. The van der Waals surface area contributed by atoms with Gasteiger partial charge in [-0.2, -0.15) is 0 Å². The van der Waals surface area contributed by atoms with Crippen LogP contribution in [0.15, 0.2) is 54.6 Å². The molecule has 2 N–H and O–H groups in total. The van der Waals surface area contributed by atoms with Crippen LogP contribution in [-0.2, 0) is 6.42 Å². The van der Waals surface area contributed by atoms with E-state index in [0.29, 0.717) is 5.69 Å². The molecule has 0 aromatic heterocycles. The quantitative estimate of drug-likeness (QED) is 0.746. The minimum Gasteiger partial charge on any atom is -0.381 e. The fourth-order valence-electron chi connectivity index (χ4n) is 1.89. The first-order valence-electron chi connectivity index (χ1n) is 6.59. The number of benzene rings is 2. The normalized spacial score (nSPS) is 10.4. The van der Waals surface area contributed by atoms with Crippen molar-refractivity contribution in [3.8, 4) is 0 Å². The molecule has 3 heteroatoms. The molecule has 0 bridgehead atoms. The van der Waals surface area contributed by atoms with Crippen molar-refractivity contribution in [1.29, 1.82) is 0 Å². The lowest BCUT2D eigenvalue weighted by molar-refractivity contribution is 0.628. The Labute approximate surface area is 113 Å². The van der Waals surface area contributed by atoms with Crippen LogP contribution in [-0.4, -0.2) is 19.6 Å². The third kappa shape index (κ3) is 4.72. The van der Waals surface area contributed by atoms with Crippen LogP contribution in [0.2, 0.25) is 0 Å². The predicted molar refractivity (Wildman–Crippen MR) is 77.9 cm³/mol. The topological polar surface area (TPSA) is 24.1 Å². The van der Waals surface area contributed by atoms with E-state index in [1.54, 1.807) is 12.1 Å². The maximum Gasteiger partial charge on any atom is 0.146 e. The number of halogens is 1. The Hall–Kier alpha value is -1.87. The Morgan fingerprint density at radius 1 is 0.789 bits per heavy atom. The monoisotopic (exact) mass is 258 g/mol. The van der Waals surface area contributed by atoms with Gasteiger partial charge in [-0.25, -0.2) is 4.39 Å². The van der Waals surface area contributed by atoms with Gasteiger partial charge in [0.25, 0.3) is 0 Å². The summed E-state index contributed by atoms with van der Waals surface area (Å²) in [7, 11) is 0. The lowest BCUT2D eigenvalue weighted by Gasteiger charge is -2.08. The molecule has 2 aromatic rings. The summed E-state index contributed by atoms with van der Waals surface area (Å²) in [5.74, 6) is -0.202. The Morgan fingerprint density at radius 3 is 2.32 bits per heavy atom. The van der Waals surface area contributed by atoms with E-state index in [9.17, 15) is 4.39 Å². The maximum absolute atomic E-state index is 13.3. The van der Waals surface area contributed by atoms with Crippen LogP contribution in [0.4, 0.5) is 10.1 Å². The van der Waals surface area contributed by atoms with Gasteiger partial charge in [-0.3, -0.25) is 0 Å². The summed E-state index contributed by atoms with van der Waals surface area (Å²) >= 11 is 0. The Balaban J connectivity index is 1.59. The first-order chi connectivity index (χ1) is 9.36. The molecular weight excluding hydrogens is 239 g/mol. The molecule has 19 heavy (non-hydrogen) atoms. The second-order valence-corrected chi connectivity index (χ2v) is 4.39. The molecule has 0 aliphatic carbocycles. The largest absolute Gasteiger partial charge is 0.381 e.